The third-order valence-electron chi connectivity index (χ3n) is 13.7. The number of unbranched alkanes of at least 4 members (excludes halogenated alkanes) is 36. The molecule has 0 bridgehead atoms. The van der Waals surface area contributed by atoms with Crippen LogP contribution in [0.1, 0.15) is 303 Å². The normalized spacial score (nSPS) is 13.4. The molecule has 432 valence electrons. The average molecular weight is 1060 g/mol. The molecule has 9 nitrogen and oxygen atoms in total. The first-order valence-electron chi connectivity index (χ1n) is 31.3. The fourth-order valence-corrected chi connectivity index (χ4v) is 9.84. The van der Waals surface area contributed by atoms with Crippen molar-refractivity contribution in [3.63, 3.8) is 0 Å². The molecule has 0 aliphatic heterocycles. The highest BCUT2D eigenvalue weighted by Gasteiger charge is 2.26. The van der Waals surface area contributed by atoms with Gasteiger partial charge in [0.2, 0.25) is 0 Å². The van der Waals surface area contributed by atoms with Gasteiger partial charge in [-0.1, -0.05) is 293 Å². The van der Waals surface area contributed by atoms with E-state index in [0.29, 0.717) is 6.42 Å². The van der Waals surface area contributed by atoms with Gasteiger partial charge in [0.15, 0.2) is 6.10 Å². The number of allylic oxidation sites excluding steroid dienone is 10. The van der Waals surface area contributed by atoms with Gasteiger partial charge in [-0.2, -0.15) is 0 Å². The van der Waals surface area contributed by atoms with Gasteiger partial charge in [-0.05, 0) is 57.8 Å². The van der Waals surface area contributed by atoms with Crippen molar-refractivity contribution < 1.29 is 37.6 Å². The summed E-state index contributed by atoms with van der Waals surface area (Å²) in [5.41, 5.74) is 5.38. The Hall–Kier alpha value is -2.29. The molecule has 0 heterocycles. The number of hydrogen-bond acceptors (Lipinski definition) is 8. The van der Waals surface area contributed by atoms with E-state index in [1.165, 1.54) is 199 Å². The maximum Gasteiger partial charge on any atom is 0.472 e. The largest absolute Gasteiger partial charge is 0.472 e. The predicted octanol–water partition coefficient (Wildman–Crippen LogP) is 19.9. The summed E-state index contributed by atoms with van der Waals surface area (Å²) in [5, 5.41) is 0. The van der Waals surface area contributed by atoms with Gasteiger partial charge in [0.05, 0.1) is 13.2 Å². The molecule has 0 saturated carbocycles. The quantitative estimate of drug-likeness (QED) is 0.0264. The zero-order valence-electron chi connectivity index (χ0n) is 48.3. The Kier molecular flexibility index (Phi) is 58.1. The molecule has 3 N–H and O–H groups in total. The van der Waals surface area contributed by atoms with E-state index in [9.17, 15) is 19.0 Å². The van der Waals surface area contributed by atoms with E-state index >= 15 is 0 Å². The van der Waals surface area contributed by atoms with Gasteiger partial charge in [0.25, 0.3) is 0 Å². The van der Waals surface area contributed by atoms with Crippen molar-refractivity contribution in [1.82, 2.24) is 0 Å². The first-order chi connectivity index (χ1) is 36.3. The Labute approximate surface area is 457 Å². The van der Waals surface area contributed by atoms with Crippen molar-refractivity contribution in [1.29, 1.82) is 0 Å². The van der Waals surface area contributed by atoms with E-state index in [-0.39, 0.29) is 38.6 Å². The van der Waals surface area contributed by atoms with Gasteiger partial charge in [0.1, 0.15) is 6.61 Å². The average Bonchev–Trinajstić information content (AvgIpc) is 3.39. The van der Waals surface area contributed by atoms with Crippen LogP contribution in [0.4, 0.5) is 0 Å². The van der Waals surface area contributed by atoms with Crippen molar-refractivity contribution >= 4 is 19.8 Å². The number of carbonyl (C=O) groups is 2. The zero-order chi connectivity index (χ0) is 53.8. The van der Waals surface area contributed by atoms with Gasteiger partial charge >= 0.3 is 19.8 Å². The molecule has 2 atom stereocenters. The smallest absolute Gasteiger partial charge is 0.462 e. The maximum atomic E-state index is 12.7. The summed E-state index contributed by atoms with van der Waals surface area (Å²) in [5.74, 6) is -0.856. The lowest BCUT2D eigenvalue weighted by Crippen LogP contribution is -2.29. The molecule has 0 fully saturated rings. The second-order valence-corrected chi connectivity index (χ2v) is 22.4. The Morgan fingerprint density at radius 1 is 0.419 bits per heavy atom. The number of rotatable bonds is 59. The second-order valence-electron chi connectivity index (χ2n) is 20.9. The van der Waals surface area contributed by atoms with E-state index in [4.69, 9.17) is 24.3 Å². The van der Waals surface area contributed by atoms with Crippen molar-refractivity contribution in [3.05, 3.63) is 60.8 Å². The molecule has 0 amide bonds. The number of ether oxygens (including phenoxy) is 2. The number of phosphoric ester groups is 1. The summed E-state index contributed by atoms with van der Waals surface area (Å²) in [6, 6.07) is 0. The molecule has 0 aromatic carbocycles. The van der Waals surface area contributed by atoms with Crippen LogP contribution in [0, 0.1) is 0 Å². The fraction of sp³-hybridized carbons (Fsp3) is 0.812. The highest BCUT2D eigenvalue weighted by molar-refractivity contribution is 7.47. The van der Waals surface area contributed by atoms with Gasteiger partial charge in [-0.25, -0.2) is 4.57 Å². The predicted molar refractivity (Wildman–Crippen MR) is 316 cm³/mol. The molecule has 74 heavy (non-hydrogen) atoms. The Balaban J connectivity index is 3.85. The van der Waals surface area contributed by atoms with Crippen molar-refractivity contribution in [2.45, 2.75) is 309 Å². The van der Waals surface area contributed by atoms with Crippen LogP contribution in [0.3, 0.4) is 0 Å². The van der Waals surface area contributed by atoms with Gasteiger partial charge in [-0.15, -0.1) is 0 Å². The van der Waals surface area contributed by atoms with Gasteiger partial charge in [0, 0.05) is 19.4 Å². The molecule has 0 aliphatic carbocycles. The maximum absolute atomic E-state index is 12.7. The number of carbonyl (C=O) groups excluding carboxylic acids is 2. The van der Waals surface area contributed by atoms with Crippen LogP contribution in [-0.4, -0.2) is 49.3 Å². The number of phosphoric acid groups is 1. The van der Waals surface area contributed by atoms with E-state index in [0.717, 1.165) is 70.6 Å². The number of nitrogens with two attached hydrogens (primary N) is 1. The van der Waals surface area contributed by atoms with E-state index in [2.05, 4.69) is 74.6 Å². The van der Waals surface area contributed by atoms with Crippen molar-refractivity contribution in [2.24, 2.45) is 5.73 Å². The van der Waals surface area contributed by atoms with E-state index in [1.54, 1.807) is 0 Å². The number of hydrogen-bond donors (Lipinski definition) is 2. The van der Waals surface area contributed by atoms with Crippen LogP contribution < -0.4 is 5.73 Å². The van der Waals surface area contributed by atoms with E-state index in [1.807, 2.05) is 0 Å². The standard InChI is InChI=1S/C64H118NO8P/c1-3-5-7-9-11-13-15-17-19-21-23-24-25-26-27-28-29-30-31-32-33-34-35-36-37-39-40-42-44-46-48-50-52-54-56-63(66)70-60-62(61-72-74(68,69)71-59-58-65)73-64(67)57-55-53-51-49-47-45-43-41-38-22-20-18-16-14-12-10-8-6-4-2/h6,8,12,14,18,20,38,41,45,47,62H,3-5,7,9-11,13,15-17,19,21-37,39-40,42-44,46,48-61,65H2,1-2H3,(H,68,69)/b8-6-,14-12-,20-18-,41-38-,47-45-. The molecule has 2 unspecified atom stereocenters. The molecule has 0 aliphatic rings. The zero-order valence-corrected chi connectivity index (χ0v) is 49.2. The summed E-state index contributed by atoms with van der Waals surface area (Å²) in [6.45, 7) is 3.63. The molecular formula is C64H118NO8P. The fourth-order valence-electron chi connectivity index (χ4n) is 9.08. The summed E-state index contributed by atoms with van der Waals surface area (Å²) < 4.78 is 33.0. The third kappa shape index (κ3) is 59.0. The van der Waals surface area contributed by atoms with Crippen LogP contribution in [-0.2, 0) is 32.7 Å². The Morgan fingerprint density at radius 2 is 0.743 bits per heavy atom. The molecule has 10 heteroatoms. The SMILES string of the molecule is CC/C=C\C/C=C\C/C=C\C/C=C\C/C=C\CCCCCC(=O)OC(COC(=O)CCCCCCCCCCCCCCCCCCCCCCCCCCCCCCCCCCCC)COP(=O)(O)OCCN. The van der Waals surface area contributed by atoms with Crippen LogP contribution >= 0.6 is 7.82 Å². The first kappa shape index (κ1) is 71.7. The Morgan fingerprint density at radius 3 is 1.11 bits per heavy atom. The molecule has 0 spiro atoms. The molecular weight excluding hydrogens is 942 g/mol. The lowest BCUT2D eigenvalue weighted by molar-refractivity contribution is -0.161. The van der Waals surface area contributed by atoms with Crippen molar-refractivity contribution in [3.8, 4) is 0 Å². The number of esters is 2. The minimum absolute atomic E-state index is 0.0464. The molecule has 0 saturated heterocycles. The molecule has 0 aromatic heterocycles. The third-order valence-corrected chi connectivity index (χ3v) is 14.7. The highest BCUT2D eigenvalue weighted by atomic mass is 31.2. The monoisotopic (exact) mass is 1060 g/mol. The first-order valence-corrected chi connectivity index (χ1v) is 32.8. The lowest BCUT2D eigenvalue weighted by Gasteiger charge is -2.19. The summed E-state index contributed by atoms with van der Waals surface area (Å²) in [7, 11) is -4.40. The van der Waals surface area contributed by atoms with E-state index < -0.39 is 26.5 Å². The topological polar surface area (TPSA) is 134 Å². The molecule has 0 radical (unpaired) electrons. The highest BCUT2D eigenvalue weighted by Crippen LogP contribution is 2.43. The van der Waals surface area contributed by atoms with Crippen LogP contribution in [0.5, 0.6) is 0 Å². The van der Waals surface area contributed by atoms with Crippen LogP contribution in [0.25, 0.3) is 0 Å². The molecule has 0 rings (SSSR count). The van der Waals surface area contributed by atoms with Crippen LogP contribution in [0.15, 0.2) is 60.8 Å². The van der Waals surface area contributed by atoms with Gasteiger partial charge in [-0.3, -0.25) is 18.6 Å². The minimum atomic E-state index is -4.40. The molecule has 0 aromatic rings. The van der Waals surface area contributed by atoms with Crippen LogP contribution in [0.2, 0.25) is 0 Å². The van der Waals surface area contributed by atoms with Gasteiger partial charge < -0.3 is 20.1 Å². The second kappa shape index (κ2) is 59.9. The summed E-state index contributed by atoms with van der Waals surface area (Å²) >= 11 is 0. The summed E-state index contributed by atoms with van der Waals surface area (Å²) in [6.07, 6.45) is 76.0. The van der Waals surface area contributed by atoms with Crippen molar-refractivity contribution in [2.75, 3.05) is 26.4 Å². The minimum Gasteiger partial charge on any atom is -0.462 e. The lowest BCUT2D eigenvalue weighted by atomic mass is 10.0. The summed E-state index contributed by atoms with van der Waals surface area (Å²) in [4.78, 5) is 35.2. The Bertz CT molecular complexity index is 1390.